The van der Waals surface area contributed by atoms with E-state index in [1.54, 1.807) is 0 Å². The van der Waals surface area contributed by atoms with E-state index in [9.17, 15) is 0 Å². The summed E-state index contributed by atoms with van der Waals surface area (Å²) in [5.74, 6) is 3.29. The van der Waals surface area contributed by atoms with Crippen LogP contribution in [0.5, 0.6) is 0 Å². The quantitative estimate of drug-likeness (QED) is 0.778. The normalized spacial score (nSPS) is 22.6. The molecule has 2 aromatic rings. The van der Waals surface area contributed by atoms with Crippen molar-refractivity contribution in [3.8, 4) is 0 Å². The lowest BCUT2D eigenvalue weighted by Gasteiger charge is -2.14. The number of benzene rings is 1. The van der Waals surface area contributed by atoms with E-state index in [0.29, 0.717) is 17.8 Å². The highest BCUT2D eigenvalue weighted by molar-refractivity contribution is 5.85. The highest BCUT2D eigenvalue weighted by Gasteiger charge is 2.25. The fourth-order valence-electron chi connectivity index (χ4n) is 3.35. The third-order valence-corrected chi connectivity index (χ3v) is 4.83. The highest BCUT2D eigenvalue weighted by Crippen LogP contribution is 2.25. The third kappa shape index (κ3) is 4.26. The maximum atomic E-state index is 4.81. The van der Waals surface area contributed by atoms with Crippen LogP contribution >= 0.6 is 12.4 Å². The Morgan fingerprint density at radius 1 is 0.880 bits per heavy atom. The molecule has 25 heavy (non-hydrogen) atoms. The van der Waals surface area contributed by atoms with Gasteiger partial charge in [-0.05, 0) is 45.0 Å². The summed E-state index contributed by atoms with van der Waals surface area (Å²) < 4.78 is 0. The minimum atomic E-state index is 0. The van der Waals surface area contributed by atoms with E-state index in [2.05, 4.69) is 47.1 Å². The summed E-state index contributed by atoms with van der Waals surface area (Å²) >= 11 is 0. The van der Waals surface area contributed by atoms with Crippen LogP contribution in [0.25, 0.3) is 0 Å². The zero-order valence-corrected chi connectivity index (χ0v) is 15.3. The summed E-state index contributed by atoms with van der Waals surface area (Å²) in [6.45, 7) is 6.07. The number of aromatic nitrogens is 3. The molecule has 2 atom stereocenters. The zero-order valence-electron chi connectivity index (χ0n) is 14.5. The Morgan fingerprint density at radius 3 is 1.92 bits per heavy atom. The van der Waals surface area contributed by atoms with Crippen molar-refractivity contribution in [2.24, 2.45) is 0 Å². The number of anilines is 2. The van der Waals surface area contributed by atoms with Gasteiger partial charge in [0, 0.05) is 30.6 Å². The Morgan fingerprint density at radius 2 is 1.44 bits per heavy atom. The second kappa shape index (κ2) is 8.08. The van der Waals surface area contributed by atoms with Gasteiger partial charge in [-0.15, -0.1) is 12.4 Å². The molecule has 0 radical (unpaired) electrons. The van der Waals surface area contributed by atoms with Gasteiger partial charge in [0.1, 0.15) is 11.6 Å². The molecular weight excluding hydrogens is 336 g/mol. The molecule has 2 fully saturated rings. The van der Waals surface area contributed by atoms with Gasteiger partial charge in [-0.2, -0.15) is 9.97 Å². The van der Waals surface area contributed by atoms with Crippen molar-refractivity contribution in [1.82, 2.24) is 25.6 Å². The number of rotatable bonds is 4. The Hall–Kier alpha value is -1.76. The second-order valence-electron chi connectivity index (χ2n) is 6.75. The average molecular weight is 361 g/mol. The summed E-state index contributed by atoms with van der Waals surface area (Å²) in [5.41, 5.74) is 2.25. The predicted octanol–water partition coefficient (Wildman–Crippen LogP) is 2.50. The topological polar surface area (TPSA) is 74.8 Å². The van der Waals surface area contributed by atoms with Crippen LogP contribution in [0, 0.1) is 6.92 Å². The van der Waals surface area contributed by atoms with Gasteiger partial charge < -0.3 is 16.0 Å². The van der Waals surface area contributed by atoms with Crippen molar-refractivity contribution < 1.29 is 0 Å². The Labute approximate surface area is 154 Å². The van der Waals surface area contributed by atoms with Crippen molar-refractivity contribution in [3.05, 3.63) is 41.5 Å². The second-order valence-corrected chi connectivity index (χ2v) is 6.75. The molecule has 1 aromatic heterocycles. The molecule has 3 N–H and O–H groups in total. The Kier molecular flexibility index (Phi) is 5.83. The molecule has 0 spiro atoms. The fourth-order valence-corrected chi connectivity index (χ4v) is 3.35. The molecule has 6 nitrogen and oxygen atoms in total. The average Bonchev–Trinajstić information content (AvgIpc) is 3.30. The fraction of sp³-hybridized carbons (Fsp3) is 0.500. The lowest BCUT2D eigenvalue weighted by atomic mass is 10.1. The van der Waals surface area contributed by atoms with Crippen LogP contribution in [-0.2, 0) is 0 Å². The van der Waals surface area contributed by atoms with Crippen molar-refractivity contribution in [1.29, 1.82) is 0 Å². The Bertz CT molecular complexity index is 659. The maximum absolute atomic E-state index is 4.81. The first-order valence-corrected chi connectivity index (χ1v) is 8.79. The molecule has 0 bridgehead atoms. The third-order valence-electron chi connectivity index (χ3n) is 4.83. The molecule has 2 aliphatic rings. The summed E-state index contributed by atoms with van der Waals surface area (Å²) in [6.07, 6.45) is 2.19. The standard InChI is InChI=1S/C18H24N6.ClH/c1-12-2-4-15(5-3-12)21-18-23-16(13-6-8-19-10-13)22-17(24-18)14-7-9-20-11-14;/h2-5,13-14,19-20H,6-11H2,1H3,(H,21,22,23,24);1H. The predicted molar refractivity (Wildman–Crippen MR) is 102 cm³/mol. The summed E-state index contributed by atoms with van der Waals surface area (Å²) in [6, 6.07) is 8.31. The molecule has 7 heteroatoms. The van der Waals surface area contributed by atoms with Crippen molar-refractivity contribution in [2.45, 2.75) is 31.6 Å². The Balaban J connectivity index is 0.00000182. The monoisotopic (exact) mass is 360 g/mol. The van der Waals surface area contributed by atoms with Gasteiger partial charge in [0.05, 0.1) is 0 Å². The minimum absolute atomic E-state index is 0. The summed E-state index contributed by atoms with van der Waals surface area (Å²) in [7, 11) is 0. The lowest BCUT2D eigenvalue weighted by Crippen LogP contribution is -2.16. The zero-order chi connectivity index (χ0) is 16.4. The van der Waals surface area contributed by atoms with Crippen LogP contribution in [-0.4, -0.2) is 41.1 Å². The number of nitrogens with zero attached hydrogens (tertiary/aromatic N) is 3. The minimum Gasteiger partial charge on any atom is -0.324 e. The van der Waals surface area contributed by atoms with E-state index in [1.165, 1.54) is 5.56 Å². The van der Waals surface area contributed by atoms with Crippen LogP contribution in [0.3, 0.4) is 0 Å². The SMILES string of the molecule is Cc1ccc(Nc2nc(C3CCNC3)nc(C3CCNC3)n2)cc1.Cl. The molecule has 0 amide bonds. The van der Waals surface area contributed by atoms with Crippen LogP contribution in [0.15, 0.2) is 24.3 Å². The van der Waals surface area contributed by atoms with E-state index >= 15 is 0 Å². The number of aryl methyl sites for hydroxylation is 1. The molecule has 4 rings (SSSR count). The van der Waals surface area contributed by atoms with E-state index in [-0.39, 0.29) is 12.4 Å². The molecule has 0 saturated carbocycles. The molecule has 2 aliphatic heterocycles. The smallest absolute Gasteiger partial charge is 0.230 e. The highest BCUT2D eigenvalue weighted by atomic mass is 35.5. The number of nitrogens with one attached hydrogen (secondary N) is 3. The largest absolute Gasteiger partial charge is 0.324 e. The van der Waals surface area contributed by atoms with Crippen molar-refractivity contribution in [2.75, 3.05) is 31.5 Å². The summed E-state index contributed by atoms with van der Waals surface area (Å²) in [4.78, 5) is 14.2. The first kappa shape index (κ1) is 18.0. The maximum Gasteiger partial charge on any atom is 0.230 e. The van der Waals surface area contributed by atoms with E-state index in [4.69, 9.17) is 15.0 Å². The first-order valence-electron chi connectivity index (χ1n) is 8.79. The molecule has 2 saturated heterocycles. The van der Waals surface area contributed by atoms with E-state index < -0.39 is 0 Å². The van der Waals surface area contributed by atoms with Crippen LogP contribution in [0.2, 0.25) is 0 Å². The van der Waals surface area contributed by atoms with Crippen LogP contribution < -0.4 is 16.0 Å². The number of hydrogen-bond acceptors (Lipinski definition) is 6. The molecule has 1 aromatic carbocycles. The van der Waals surface area contributed by atoms with Gasteiger partial charge in [-0.1, -0.05) is 17.7 Å². The van der Waals surface area contributed by atoms with Gasteiger partial charge in [0.2, 0.25) is 5.95 Å². The molecule has 0 aliphatic carbocycles. The summed E-state index contributed by atoms with van der Waals surface area (Å²) in [5, 5.41) is 10.2. The van der Waals surface area contributed by atoms with Gasteiger partial charge >= 0.3 is 0 Å². The number of hydrogen-bond donors (Lipinski definition) is 3. The van der Waals surface area contributed by atoms with Gasteiger partial charge in [-0.3, -0.25) is 0 Å². The molecular formula is C18H25ClN6. The van der Waals surface area contributed by atoms with E-state index in [0.717, 1.165) is 56.4 Å². The van der Waals surface area contributed by atoms with Gasteiger partial charge in [0.15, 0.2) is 0 Å². The van der Waals surface area contributed by atoms with Crippen LogP contribution in [0.4, 0.5) is 11.6 Å². The molecule has 3 heterocycles. The van der Waals surface area contributed by atoms with Crippen molar-refractivity contribution in [3.63, 3.8) is 0 Å². The molecule has 134 valence electrons. The van der Waals surface area contributed by atoms with Gasteiger partial charge in [0.25, 0.3) is 0 Å². The molecule has 2 unspecified atom stereocenters. The van der Waals surface area contributed by atoms with E-state index in [1.807, 2.05) is 0 Å². The first-order chi connectivity index (χ1) is 11.8. The lowest BCUT2D eigenvalue weighted by molar-refractivity contribution is 0.641. The van der Waals surface area contributed by atoms with Gasteiger partial charge in [-0.25, -0.2) is 4.98 Å². The van der Waals surface area contributed by atoms with Crippen molar-refractivity contribution >= 4 is 24.0 Å². The van der Waals surface area contributed by atoms with Crippen LogP contribution in [0.1, 0.15) is 41.9 Å². The number of halogens is 1.